The molecule has 0 atom stereocenters. The van der Waals surface area contributed by atoms with E-state index in [9.17, 15) is 13.2 Å². The Labute approximate surface area is 214 Å². The Morgan fingerprint density at radius 2 is 1.57 bits per heavy atom. The molecule has 0 aromatic heterocycles. The summed E-state index contributed by atoms with van der Waals surface area (Å²) in [4.78, 5) is 0. The average molecular weight is 506 g/mol. The first-order chi connectivity index (χ1) is 17.9. The van der Waals surface area contributed by atoms with Crippen LogP contribution in [0, 0.1) is 34.6 Å². The Balaban J connectivity index is 1.52. The molecule has 0 saturated carbocycles. The van der Waals surface area contributed by atoms with Crippen molar-refractivity contribution in [3.63, 3.8) is 0 Å². The summed E-state index contributed by atoms with van der Waals surface area (Å²) in [7, 11) is 0. The average Bonchev–Trinajstić information content (AvgIpc) is 2.88. The molecule has 4 aromatic carbocycles. The molecule has 37 heavy (non-hydrogen) atoms. The highest BCUT2D eigenvalue weighted by Crippen LogP contribution is 2.33. The minimum Gasteiger partial charge on any atom is -0.493 e. The molecule has 0 aliphatic rings. The van der Waals surface area contributed by atoms with Gasteiger partial charge in [0.2, 0.25) is 0 Å². The van der Waals surface area contributed by atoms with Crippen LogP contribution in [0.3, 0.4) is 0 Å². The smallest absolute Gasteiger partial charge is 0.141 e. The van der Waals surface area contributed by atoms with Crippen LogP contribution in [0.15, 0.2) is 60.7 Å². The number of rotatable bonds is 10. The summed E-state index contributed by atoms with van der Waals surface area (Å²) in [5, 5.41) is 9.70. The highest BCUT2D eigenvalue weighted by atomic mass is 19.1. The van der Waals surface area contributed by atoms with Gasteiger partial charge in [0.25, 0.3) is 0 Å². The first-order valence-electron chi connectivity index (χ1n) is 12.4. The summed E-state index contributed by atoms with van der Waals surface area (Å²) in [5.74, 6) is -2.36. The van der Waals surface area contributed by atoms with E-state index in [-0.39, 0.29) is 16.9 Å². The van der Waals surface area contributed by atoms with Crippen LogP contribution < -0.4 is 4.74 Å². The van der Waals surface area contributed by atoms with Gasteiger partial charge >= 0.3 is 0 Å². The lowest BCUT2D eigenvalue weighted by atomic mass is 9.96. The van der Waals surface area contributed by atoms with Crippen LogP contribution in [0.5, 0.6) is 5.75 Å². The van der Waals surface area contributed by atoms with Gasteiger partial charge in [-0.2, -0.15) is 5.26 Å². The molecule has 0 aliphatic heterocycles. The predicted octanol–water partition coefficient (Wildman–Crippen LogP) is 8.68. The molecule has 4 rings (SSSR count). The number of benzene rings is 4. The van der Waals surface area contributed by atoms with Crippen molar-refractivity contribution in [1.82, 2.24) is 0 Å². The largest absolute Gasteiger partial charge is 0.493 e. The van der Waals surface area contributed by atoms with E-state index in [4.69, 9.17) is 10.00 Å². The van der Waals surface area contributed by atoms with Gasteiger partial charge in [-0.25, -0.2) is 17.6 Å². The number of hydrogen-bond donors (Lipinski definition) is 0. The summed E-state index contributed by atoms with van der Waals surface area (Å²) in [5.41, 5.74) is 1.19. The molecule has 6 heteroatoms. The lowest BCUT2D eigenvalue weighted by Gasteiger charge is -2.12. The fourth-order valence-electron chi connectivity index (χ4n) is 4.40. The van der Waals surface area contributed by atoms with Gasteiger partial charge in [0.15, 0.2) is 0 Å². The summed E-state index contributed by atoms with van der Waals surface area (Å²) < 4.78 is 64.3. The lowest BCUT2D eigenvalue weighted by Crippen LogP contribution is -2.00. The zero-order chi connectivity index (χ0) is 26.4. The van der Waals surface area contributed by atoms with E-state index in [0.29, 0.717) is 46.9 Å². The van der Waals surface area contributed by atoms with Crippen molar-refractivity contribution in [3.05, 3.63) is 101 Å². The number of unbranched alkanes of at least 4 members (excludes halogenated alkanes) is 3. The number of nitriles is 1. The molecule has 0 N–H and O–H groups in total. The standard InChI is InChI=1S/C31H27F4NO/c1-2-3-4-5-14-37-25-17-28(33)30(29(34)18-25)23-12-13-26-22(16-23)11-10-21(31(26)35)8-6-20-7-9-24(19-36)27(32)15-20/h7,9-13,15-18H,2-6,8,14H2,1H3. The maximum atomic E-state index is 15.2. The molecule has 0 amide bonds. The van der Waals surface area contributed by atoms with Crippen molar-refractivity contribution in [2.24, 2.45) is 0 Å². The zero-order valence-electron chi connectivity index (χ0n) is 20.6. The number of ether oxygens (including phenoxy) is 1. The molecule has 0 heterocycles. The van der Waals surface area contributed by atoms with Crippen molar-refractivity contribution in [1.29, 1.82) is 5.26 Å². The number of fused-ring (bicyclic) bond motifs is 1. The predicted molar refractivity (Wildman–Crippen MR) is 137 cm³/mol. The second-order valence-corrected chi connectivity index (χ2v) is 9.07. The summed E-state index contributed by atoms with van der Waals surface area (Å²) in [6, 6.07) is 16.4. The van der Waals surface area contributed by atoms with Gasteiger partial charge in [-0.15, -0.1) is 0 Å². The van der Waals surface area contributed by atoms with Gasteiger partial charge in [-0.1, -0.05) is 56.5 Å². The van der Waals surface area contributed by atoms with Crippen LogP contribution in [-0.2, 0) is 12.8 Å². The lowest BCUT2D eigenvalue weighted by molar-refractivity contribution is 0.302. The van der Waals surface area contributed by atoms with Crippen LogP contribution in [0.2, 0.25) is 0 Å². The highest BCUT2D eigenvalue weighted by molar-refractivity contribution is 5.88. The molecule has 4 aromatic rings. The van der Waals surface area contributed by atoms with Crippen LogP contribution in [0.25, 0.3) is 21.9 Å². The molecule has 0 bridgehead atoms. The van der Waals surface area contributed by atoms with Gasteiger partial charge in [0.1, 0.15) is 35.1 Å². The quantitative estimate of drug-likeness (QED) is 0.160. The summed E-state index contributed by atoms with van der Waals surface area (Å²) in [6.07, 6.45) is 4.73. The Hall–Kier alpha value is -3.85. The maximum Gasteiger partial charge on any atom is 0.141 e. The second kappa shape index (κ2) is 11.9. The third kappa shape index (κ3) is 6.11. The molecule has 0 aliphatic carbocycles. The van der Waals surface area contributed by atoms with Crippen LogP contribution in [-0.4, -0.2) is 6.61 Å². The SMILES string of the molecule is CCCCCCOc1cc(F)c(-c2ccc3c(F)c(CCc4ccc(C#N)c(F)c4)ccc3c2)c(F)c1. The van der Waals surface area contributed by atoms with Crippen molar-refractivity contribution in [2.45, 2.75) is 45.4 Å². The van der Waals surface area contributed by atoms with Gasteiger partial charge < -0.3 is 4.74 Å². The highest BCUT2D eigenvalue weighted by Gasteiger charge is 2.16. The Morgan fingerprint density at radius 1 is 0.784 bits per heavy atom. The molecule has 0 saturated heterocycles. The van der Waals surface area contributed by atoms with Gasteiger partial charge in [0, 0.05) is 17.5 Å². The van der Waals surface area contributed by atoms with Crippen molar-refractivity contribution < 1.29 is 22.3 Å². The van der Waals surface area contributed by atoms with Gasteiger partial charge in [-0.05, 0) is 59.5 Å². The minimum absolute atomic E-state index is 0.0334. The van der Waals surface area contributed by atoms with Crippen molar-refractivity contribution in [3.8, 4) is 22.9 Å². The molecular weight excluding hydrogens is 478 g/mol. The van der Waals surface area contributed by atoms with Crippen molar-refractivity contribution in [2.75, 3.05) is 6.61 Å². The van der Waals surface area contributed by atoms with Crippen molar-refractivity contribution >= 4 is 10.8 Å². The minimum atomic E-state index is -0.741. The molecule has 190 valence electrons. The number of aryl methyl sites for hydroxylation is 2. The van der Waals surface area contributed by atoms with E-state index in [1.165, 1.54) is 36.4 Å². The molecule has 0 unspecified atom stereocenters. The number of halogens is 4. The molecular formula is C31H27F4NO. The monoisotopic (exact) mass is 505 g/mol. The molecule has 0 fully saturated rings. The normalized spacial score (nSPS) is 11.0. The van der Waals surface area contributed by atoms with E-state index in [1.54, 1.807) is 30.3 Å². The van der Waals surface area contributed by atoms with E-state index < -0.39 is 23.3 Å². The maximum absolute atomic E-state index is 15.2. The van der Waals surface area contributed by atoms with Crippen LogP contribution in [0.1, 0.15) is 49.3 Å². The fraction of sp³-hybridized carbons (Fsp3) is 0.258. The Morgan fingerprint density at radius 3 is 2.27 bits per heavy atom. The molecule has 0 radical (unpaired) electrons. The zero-order valence-corrected chi connectivity index (χ0v) is 20.6. The Kier molecular flexibility index (Phi) is 8.45. The topological polar surface area (TPSA) is 33.0 Å². The summed E-state index contributed by atoms with van der Waals surface area (Å²) >= 11 is 0. The third-order valence-electron chi connectivity index (χ3n) is 6.44. The van der Waals surface area contributed by atoms with E-state index in [1.807, 2.05) is 0 Å². The van der Waals surface area contributed by atoms with Gasteiger partial charge in [-0.3, -0.25) is 0 Å². The number of nitrogens with zero attached hydrogens (tertiary/aromatic N) is 1. The van der Waals surface area contributed by atoms with Gasteiger partial charge in [0.05, 0.1) is 17.7 Å². The first kappa shape index (κ1) is 26.2. The van der Waals surface area contributed by atoms with Crippen LogP contribution >= 0.6 is 0 Å². The second-order valence-electron chi connectivity index (χ2n) is 9.07. The molecule has 0 spiro atoms. The van der Waals surface area contributed by atoms with E-state index >= 15 is 4.39 Å². The Bertz CT molecular complexity index is 1440. The fourth-order valence-corrected chi connectivity index (χ4v) is 4.40. The van der Waals surface area contributed by atoms with Crippen LogP contribution in [0.4, 0.5) is 17.6 Å². The molecule has 2 nitrogen and oxygen atoms in total. The van der Waals surface area contributed by atoms with E-state index in [0.717, 1.165) is 25.7 Å². The first-order valence-corrected chi connectivity index (χ1v) is 12.4. The van der Waals surface area contributed by atoms with E-state index in [2.05, 4.69) is 6.92 Å². The third-order valence-corrected chi connectivity index (χ3v) is 6.44. The number of hydrogen-bond acceptors (Lipinski definition) is 2. The summed E-state index contributed by atoms with van der Waals surface area (Å²) in [6.45, 7) is 2.50.